The maximum Gasteiger partial charge on any atom is 0.259 e. The lowest BCUT2D eigenvalue weighted by Crippen LogP contribution is -2.34. The van der Waals surface area contributed by atoms with Crippen LogP contribution in [-0.4, -0.2) is 77.0 Å². The van der Waals surface area contributed by atoms with Crippen LogP contribution in [0.15, 0.2) is 76.7 Å². The molecule has 0 radical (unpaired) electrons. The highest BCUT2D eigenvalue weighted by Crippen LogP contribution is 2.33. The minimum Gasteiger partial charge on any atom is -0.493 e. The maximum atomic E-state index is 13.6. The summed E-state index contributed by atoms with van der Waals surface area (Å²) in [6.07, 6.45) is 3.30. The van der Waals surface area contributed by atoms with E-state index in [0.29, 0.717) is 54.0 Å². The lowest BCUT2D eigenvalue weighted by molar-refractivity contribution is 0.302. The first-order valence-electron chi connectivity index (χ1n) is 14.1. The molecular formula is C31H34N6O4S. The molecule has 3 heterocycles. The third kappa shape index (κ3) is 5.31. The molecule has 1 fully saturated rings. The monoisotopic (exact) mass is 586 g/mol. The highest BCUT2D eigenvalue weighted by Gasteiger charge is 2.34. The Bertz CT molecular complexity index is 1920. The van der Waals surface area contributed by atoms with E-state index >= 15 is 0 Å². The largest absolute Gasteiger partial charge is 0.493 e. The van der Waals surface area contributed by atoms with E-state index in [9.17, 15) is 13.2 Å². The summed E-state index contributed by atoms with van der Waals surface area (Å²) in [6.45, 7) is 3.93. The van der Waals surface area contributed by atoms with Gasteiger partial charge in [0.25, 0.3) is 5.56 Å². The minimum atomic E-state index is -3.76. The number of H-pyrrole nitrogens is 1. The number of hydrogen-bond acceptors (Lipinski definition) is 7. The van der Waals surface area contributed by atoms with Crippen molar-refractivity contribution >= 4 is 32.0 Å². The summed E-state index contributed by atoms with van der Waals surface area (Å²) >= 11 is 0. The standard InChI is InChI=1S/C31H34N6O4S/c1-4-14-41-29-11-10-23(42(39,40)37-13-12-22(19-37)35(2)3)15-25(29)30-33-26-17-27-28(16-24(26)31(38)34-30)36(20-32-27)18-21-8-6-5-7-9-21/h5-11,15-17,20,22H,4,12-14,18-19H2,1-3H3,(H,33,34,38)/t22-/m1/s1. The van der Waals surface area contributed by atoms with Gasteiger partial charge in [0.2, 0.25) is 10.0 Å². The third-order valence-corrected chi connectivity index (χ3v) is 9.67. The van der Waals surface area contributed by atoms with Gasteiger partial charge in [-0.2, -0.15) is 4.31 Å². The Balaban J connectivity index is 1.41. The summed E-state index contributed by atoms with van der Waals surface area (Å²) < 4.78 is 36.8. The van der Waals surface area contributed by atoms with Crippen molar-refractivity contribution in [3.05, 3.63) is 82.9 Å². The van der Waals surface area contributed by atoms with E-state index in [4.69, 9.17) is 9.72 Å². The van der Waals surface area contributed by atoms with Crippen LogP contribution in [-0.2, 0) is 16.6 Å². The van der Waals surface area contributed by atoms with Gasteiger partial charge in [0.1, 0.15) is 11.6 Å². The molecule has 5 aromatic rings. The van der Waals surface area contributed by atoms with Crippen LogP contribution in [0.3, 0.4) is 0 Å². The van der Waals surface area contributed by atoms with Gasteiger partial charge in [0, 0.05) is 25.7 Å². The molecule has 0 bridgehead atoms. The minimum absolute atomic E-state index is 0.138. The molecule has 1 aliphatic heterocycles. The summed E-state index contributed by atoms with van der Waals surface area (Å²) in [4.78, 5) is 27.8. The van der Waals surface area contributed by atoms with Crippen molar-refractivity contribution in [2.45, 2.75) is 37.2 Å². The van der Waals surface area contributed by atoms with Crippen molar-refractivity contribution in [3.63, 3.8) is 0 Å². The van der Waals surface area contributed by atoms with Gasteiger partial charge in [0.05, 0.1) is 45.3 Å². The summed E-state index contributed by atoms with van der Waals surface area (Å²) in [6, 6.07) is 18.6. The molecule has 0 amide bonds. The Morgan fingerprint density at radius 3 is 2.62 bits per heavy atom. The number of hydrogen-bond donors (Lipinski definition) is 1. The lowest BCUT2D eigenvalue weighted by Gasteiger charge is -2.21. The van der Waals surface area contributed by atoms with E-state index in [2.05, 4.69) is 9.97 Å². The molecular weight excluding hydrogens is 552 g/mol. The Labute approximate surface area is 244 Å². The van der Waals surface area contributed by atoms with Crippen molar-refractivity contribution in [3.8, 4) is 17.1 Å². The van der Waals surface area contributed by atoms with Crippen LogP contribution >= 0.6 is 0 Å². The number of sulfonamides is 1. The van der Waals surface area contributed by atoms with Gasteiger partial charge in [-0.1, -0.05) is 37.3 Å². The zero-order valence-electron chi connectivity index (χ0n) is 23.9. The smallest absolute Gasteiger partial charge is 0.259 e. The Morgan fingerprint density at radius 2 is 1.88 bits per heavy atom. The van der Waals surface area contributed by atoms with Crippen LogP contribution in [0.25, 0.3) is 33.3 Å². The predicted molar refractivity (Wildman–Crippen MR) is 163 cm³/mol. The fourth-order valence-corrected chi connectivity index (χ4v) is 6.94. The van der Waals surface area contributed by atoms with Crippen LogP contribution in [0.5, 0.6) is 5.75 Å². The number of likely N-dealkylation sites (N-methyl/N-ethyl adjacent to an activating group) is 1. The van der Waals surface area contributed by atoms with E-state index in [0.717, 1.165) is 23.9 Å². The second kappa shape index (κ2) is 11.3. The number of ether oxygens (including phenoxy) is 1. The van der Waals surface area contributed by atoms with E-state index in [1.807, 2.05) is 60.8 Å². The van der Waals surface area contributed by atoms with Crippen LogP contribution in [0.1, 0.15) is 25.3 Å². The van der Waals surface area contributed by atoms with Gasteiger partial charge in [-0.15, -0.1) is 0 Å². The van der Waals surface area contributed by atoms with Gasteiger partial charge in [0.15, 0.2) is 0 Å². The molecule has 6 rings (SSSR count). The normalized spacial score (nSPS) is 16.1. The number of nitrogens with one attached hydrogen (secondary N) is 1. The Hall–Kier alpha value is -4.06. The molecule has 0 saturated carbocycles. The maximum absolute atomic E-state index is 13.6. The number of imidazole rings is 1. The van der Waals surface area contributed by atoms with Gasteiger partial charge >= 0.3 is 0 Å². The molecule has 10 nitrogen and oxygen atoms in total. The third-order valence-electron chi connectivity index (χ3n) is 7.81. The van der Waals surface area contributed by atoms with Crippen molar-refractivity contribution < 1.29 is 13.2 Å². The van der Waals surface area contributed by atoms with Gasteiger partial charge in [-0.25, -0.2) is 18.4 Å². The number of aromatic amines is 1. The quantitative estimate of drug-likeness (QED) is 0.277. The van der Waals surface area contributed by atoms with Gasteiger partial charge in [-0.05, 0) is 62.8 Å². The first kappa shape index (κ1) is 28.1. The second-order valence-corrected chi connectivity index (χ2v) is 12.8. The second-order valence-electron chi connectivity index (χ2n) is 10.9. The highest BCUT2D eigenvalue weighted by molar-refractivity contribution is 7.89. The first-order chi connectivity index (χ1) is 20.2. The number of nitrogens with zero attached hydrogens (tertiary/aromatic N) is 5. The Kier molecular flexibility index (Phi) is 7.56. The molecule has 1 saturated heterocycles. The van der Waals surface area contributed by atoms with Crippen LogP contribution in [0, 0.1) is 0 Å². The topological polar surface area (TPSA) is 113 Å². The molecule has 3 aromatic carbocycles. The zero-order valence-corrected chi connectivity index (χ0v) is 24.8. The average molecular weight is 587 g/mol. The number of rotatable bonds is 9. The molecule has 218 valence electrons. The lowest BCUT2D eigenvalue weighted by atomic mass is 10.1. The summed E-state index contributed by atoms with van der Waals surface area (Å²) in [7, 11) is 0.162. The Morgan fingerprint density at radius 1 is 1.07 bits per heavy atom. The van der Waals surface area contributed by atoms with Gasteiger partial charge < -0.3 is 19.2 Å². The number of fused-ring (bicyclic) bond motifs is 2. The van der Waals surface area contributed by atoms with Crippen molar-refractivity contribution in [2.75, 3.05) is 33.8 Å². The fraction of sp³-hybridized carbons (Fsp3) is 0.323. The van der Waals surface area contributed by atoms with E-state index < -0.39 is 10.0 Å². The van der Waals surface area contributed by atoms with Crippen LogP contribution in [0.4, 0.5) is 0 Å². The fourth-order valence-electron chi connectivity index (χ4n) is 5.42. The molecule has 0 aliphatic carbocycles. The molecule has 42 heavy (non-hydrogen) atoms. The van der Waals surface area contributed by atoms with E-state index in [1.165, 1.54) is 4.31 Å². The zero-order chi connectivity index (χ0) is 29.4. The molecule has 1 atom stereocenters. The van der Waals surface area contributed by atoms with Crippen molar-refractivity contribution in [1.82, 2.24) is 28.7 Å². The SMILES string of the molecule is CCCOc1ccc(S(=O)(=O)N2CC[C@@H](N(C)C)C2)cc1-c1nc2cc3ncn(Cc4ccccc4)c3cc2c(=O)[nH]1. The van der Waals surface area contributed by atoms with Crippen molar-refractivity contribution in [1.29, 1.82) is 0 Å². The molecule has 0 unspecified atom stereocenters. The number of aromatic nitrogens is 4. The molecule has 1 N–H and O–H groups in total. The van der Waals surface area contributed by atoms with Crippen LogP contribution in [0.2, 0.25) is 0 Å². The number of benzene rings is 3. The molecule has 0 spiro atoms. The predicted octanol–water partition coefficient (Wildman–Crippen LogP) is 4.10. The van der Waals surface area contributed by atoms with Crippen LogP contribution < -0.4 is 10.3 Å². The van der Waals surface area contributed by atoms with Crippen molar-refractivity contribution in [2.24, 2.45) is 0 Å². The molecule has 1 aliphatic rings. The van der Waals surface area contributed by atoms with E-state index in [-0.39, 0.29) is 22.3 Å². The molecule has 2 aromatic heterocycles. The summed E-state index contributed by atoms with van der Waals surface area (Å²) in [5.41, 5.74) is 3.22. The first-order valence-corrected chi connectivity index (χ1v) is 15.5. The summed E-state index contributed by atoms with van der Waals surface area (Å²) in [5.74, 6) is 0.699. The molecule has 11 heteroatoms. The van der Waals surface area contributed by atoms with E-state index in [1.54, 1.807) is 36.7 Å². The summed E-state index contributed by atoms with van der Waals surface area (Å²) in [5, 5.41) is 0.424. The highest BCUT2D eigenvalue weighted by atomic mass is 32.2. The van der Waals surface area contributed by atoms with Gasteiger partial charge in [-0.3, -0.25) is 4.79 Å². The average Bonchev–Trinajstić information content (AvgIpc) is 3.64.